The maximum Gasteiger partial charge on any atom is 0.293 e. The summed E-state index contributed by atoms with van der Waals surface area (Å²) in [6.45, 7) is 4.97. The molecule has 1 unspecified atom stereocenters. The van der Waals surface area contributed by atoms with Gasteiger partial charge in [0.15, 0.2) is 0 Å². The molecule has 2 heterocycles. The molecule has 2 fully saturated rings. The zero-order valence-electron chi connectivity index (χ0n) is 11.3. The molecule has 1 atom stereocenters. The summed E-state index contributed by atoms with van der Waals surface area (Å²) in [5.41, 5.74) is 0. The van der Waals surface area contributed by atoms with E-state index in [0.717, 1.165) is 44.8 Å². The van der Waals surface area contributed by atoms with E-state index in [4.69, 9.17) is 4.74 Å². The highest BCUT2D eigenvalue weighted by Gasteiger charge is 2.29. The summed E-state index contributed by atoms with van der Waals surface area (Å²) in [6, 6.07) is 0. The summed E-state index contributed by atoms with van der Waals surface area (Å²) in [5, 5.41) is 6.95. The SMILES string of the molecule is CCN(CC1CCOC1)C(=O)c1n[nH]c(C2CC2)n1. The Morgan fingerprint density at radius 1 is 1.47 bits per heavy atom. The van der Waals surface area contributed by atoms with Crippen LogP contribution in [-0.2, 0) is 4.74 Å². The van der Waals surface area contributed by atoms with Gasteiger partial charge in [-0.1, -0.05) is 0 Å². The lowest BCUT2D eigenvalue weighted by Crippen LogP contribution is -2.36. The summed E-state index contributed by atoms with van der Waals surface area (Å²) in [6.07, 6.45) is 3.34. The van der Waals surface area contributed by atoms with Crippen LogP contribution in [0.15, 0.2) is 0 Å². The van der Waals surface area contributed by atoms with Crippen molar-refractivity contribution in [2.24, 2.45) is 5.92 Å². The minimum atomic E-state index is -0.0717. The van der Waals surface area contributed by atoms with Crippen molar-refractivity contribution in [3.63, 3.8) is 0 Å². The van der Waals surface area contributed by atoms with Gasteiger partial charge in [0, 0.05) is 31.5 Å². The van der Waals surface area contributed by atoms with E-state index in [1.165, 1.54) is 0 Å². The number of nitrogens with one attached hydrogen (secondary N) is 1. The molecule has 1 saturated carbocycles. The zero-order chi connectivity index (χ0) is 13.2. The first-order chi connectivity index (χ1) is 9.28. The van der Waals surface area contributed by atoms with Gasteiger partial charge in [0.2, 0.25) is 5.82 Å². The molecule has 1 saturated heterocycles. The molecule has 1 amide bonds. The number of carbonyl (C=O) groups is 1. The Kier molecular flexibility index (Phi) is 3.50. The standard InChI is InChI=1S/C13H20N4O2/c1-2-17(7-9-5-6-19-8-9)13(18)12-14-11(15-16-12)10-3-4-10/h9-10H,2-8H2,1H3,(H,14,15,16). The first-order valence-electron chi connectivity index (χ1n) is 7.07. The minimum absolute atomic E-state index is 0.0717. The molecule has 19 heavy (non-hydrogen) atoms. The number of carbonyl (C=O) groups excluding carboxylic acids is 1. The normalized spacial score (nSPS) is 22.7. The number of amides is 1. The topological polar surface area (TPSA) is 71.1 Å². The summed E-state index contributed by atoms with van der Waals surface area (Å²) in [7, 11) is 0. The van der Waals surface area contributed by atoms with Gasteiger partial charge >= 0.3 is 0 Å². The molecule has 1 aromatic rings. The molecular formula is C13H20N4O2. The number of aromatic amines is 1. The van der Waals surface area contributed by atoms with Gasteiger partial charge in [0.25, 0.3) is 5.91 Å². The van der Waals surface area contributed by atoms with Crippen LogP contribution in [-0.4, -0.2) is 52.3 Å². The van der Waals surface area contributed by atoms with Crippen LogP contribution in [0.2, 0.25) is 0 Å². The van der Waals surface area contributed by atoms with Gasteiger partial charge in [-0.2, -0.15) is 0 Å². The Hall–Kier alpha value is -1.43. The van der Waals surface area contributed by atoms with Gasteiger partial charge in [-0.25, -0.2) is 4.98 Å². The second-order valence-corrected chi connectivity index (χ2v) is 5.39. The molecule has 0 bridgehead atoms. The summed E-state index contributed by atoms with van der Waals surface area (Å²) >= 11 is 0. The largest absolute Gasteiger partial charge is 0.381 e. The molecule has 6 nitrogen and oxygen atoms in total. The van der Waals surface area contributed by atoms with Crippen molar-refractivity contribution in [2.45, 2.75) is 32.1 Å². The lowest BCUT2D eigenvalue weighted by molar-refractivity contribution is 0.0719. The van der Waals surface area contributed by atoms with Gasteiger partial charge in [-0.05, 0) is 26.2 Å². The predicted molar refractivity (Wildman–Crippen MR) is 68.9 cm³/mol. The van der Waals surface area contributed by atoms with E-state index in [2.05, 4.69) is 15.2 Å². The lowest BCUT2D eigenvalue weighted by atomic mass is 10.1. The van der Waals surface area contributed by atoms with Crippen molar-refractivity contribution in [1.82, 2.24) is 20.1 Å². The van der Waals surface area contributed by atoms with Gasteiger partial charge in [0.1, 0.15) is 5.82 Å². The molecule has 1 aromatic heterocycles. The van der Waals surface area contributed by atoms with E-state index < -0.39 is 0 Å². The smallest absolute Gasteiger partial charge is 0.293 e. The van der Waals surface area contributed by atoms with E-state index in [-0.39, 0.29) is 5.91 Å². The second kappa shape index (κ2) is 5.28. The van der Waals surface area contributed by atoms with Crippen LogP contribution in [0.5, 0.6) is 0 Å². The molecule has 104 valence electrons. The Labute approximate surface area is 112 Å². The fraction of sp³-hybridized carbons (Fsp3) is 0.769. The third-order valence-electron chi connectivity index (χ3n) is 3.83. The Balaban J connectivity index is 1.64. The first kappa shape index (κ1) is 12.6. The maximum absolute atomic E-state index is 12.4. The van der Waals surface area contributed by atoms with Crippen LogP contribution >= 0.6 is 0 Å². The van der Waals surface area contributed by atoms with Crippen LogP contribution in [0.1, 0.15) is 48.5 Å². The monoisotopic (exact) mass is 264 g/mol. The molecule has 3 rings (SSSR count). The van der Waals surface area contributed by atoms with Crippen LogP contribution in [0.3, 0.4) is 0 Å². The van der Waals surface area contributed by atoms with Crippen LogP contribution in [0.25, 0.3) is 0 Å². The second-order valence-electron chi connectivity index (χ2n) is 5.39. The van der Waals surface area contributed by atoms with Crippen LogP contribution in [0, 0.1) is 5.92 Å². The fourth-order valence-corrected chi connectivity index (χ4v) is 2.45. The van der Waals surface area contributed by atoms with Crippen LogP contribution < -0.4 is 0 Å². The van der Waals surface area contributed by atoms with E-state index in [0.29, 0.717) is 24.2 Å². The van der Waals surface area contributed by atoms with Crippen LogP contribution in [0.4, 0.5) is 0 Å². The number of nitrogens with zero attached hydrogens (tertiary/aromatic N) is 3. The molecule has 1 N–H and O–H groups in total. The van der Waals surface area contributed by atoms with Crippen molar-refractivity contribution in [3.8, 4) is 0 Å². The number of ether oxygens (including phenoxy) is 1. The maximum atomic E-state index is 12.4. The molecule has 1 aliphatic carbocycles. The average Bonchev–Trinajstić information content (AvgIpc) is 2.95. The van der Waals surface area contributed by atoms with Gasteiger partial charge in [-0.3, -0.25) is 9.89 Å². The molecule has 2 aliphatic rings. The van der Waals surface area contributed by atoms with Gasteiger partial charge in [0.05, 0.1) is 6.61 Å². The molecule has 0 spiro atoms. The van der Waals surface area contributed by atoms with Crippen molar-refractivity contribution in [3.05, 3.63) is 11.6 Å². The fourth-order valence-electron chi connectivity index (χ4n) is 2.45. The van der Waals surface area contributed by atoms with E-state index in [9.17, 15) is 4.79 Å². The third kappa shape index (κ3) is 2.78. The quantitative estimate of drug-likeness (QED) is 0.867. The Morgan fingerprint density at radius 3 is 2.95 bits per heavy atom. The Bertz CT molecular complexity index is 449. The number of aromatic nitrogens is 3. The first-order valence-corrected chi connectivity index (χ1v) is 7.07. The summed E-state index contributed by atoms with van der Waals surface area (Å²) in [5.74, 6) is 2.04. The minimum Gasteiger partial charge on any atom is -0.381 e. The highest BCUT2D eigenvalue weighted by molar-refractivity contribution is 5.90. The zero-order valence-corrected chi connectivity index (χ0v) is 11.3. The number of hydrogen-bond donors (Lipinski definition) is 1. The molecule has 0 radical (unpaired) electrons. The average molecular weight is 264 g/mol. The van der Waals surface area contributed by atoms with E-state index in [1.807, 2.05) is 11.8 Å². The summed E-state index contributed by atoms with van der Waals surface area (Å²) < 4.78 is 5.36. The predicted octanol–water partition coefficient (Wildman–Crippen LogP) is 1.18. The van der Waals surface area contributed by atoms with E-state index >= 15 is 0 Å². The molecular weight excluding hydrogens is 244 g/mol. The van der Waals surface area contributed by atoms with Crippen molar-refractivity contribution in [1.29, 1.82) is 0 Å². The molecule has 0 aromatic carbocycles. The van der Waals surface area contributed by atoms with E-state index in [1.54, 1.807) is 0 Å². The summed E-state index contributed by atoms with van der Waals surface area (Å²) in [4.78, 5) is 18.5. The highest BCUT2D eigenvalue weighted by atomic mass is 16.5. The number of H-pyrrole nitrogens is 1. The number of rotatable bonds is 5. The molecule has 6 heteroatoms. The lowest BCUT2D eigenvalue weighted by Gasteiger charge is -2.22. The van der Waals surface area contributed by atoms with Crippen molar-refractivity contribution < 1.29 is 9.53 Å². The van der Waals surface area contributed by atoms with Crippen molar-refractivity contribution >= 4 is 5.91 Å². The van der Waals surface area contributed by atoms with Crippen molar-refractivity contribution in [2.75, 3.05) is 26.3 Å². The highest BCUT2D eigenvalue weighted by Crippen LogP contribution is 2.37. The third-order valence-corrected chi connectivity index (χ3v) is 3.83. The molecule has 1 aliphatic heterocycles. The number of hydrogen-bond acceptors (Lipinski definition) is 4. The van der Waals surface area contributed by atoms with Gasteiger partial charge < -0.3 is 9.64 Å². The Morgan fingerprint density at radius 2 is 2.32 bits per heavy atom. The van der Waals surface area contributed by atoms with Gasteiger partial charge in [-0.15, -0.1) is 5.10 Å².